The summed E-state index contributed by atoms with van der Waals surface area (Å²) in [4.78, 5) is 40.5. The van der Waals surface area contributed by atoms with Gasteiger partial charge >= 0.3 is 5.97 Å². The summed E-state index contributed by atoms with van der Waals surface area (Å²) in [6, 6.07) is 7.42. The smallest absolute Gasteiger partial charge is 0.302 e. The fourth-order valence-corrected chi connectivity index (χ4v) is 11.8. The number of para-hydroxylation sites is 1. The van der Waals surface area contributed by atoms with Crippen LogP contribution in [0, 0.1) is 50.2 Å². The van der Waals surface area contributed by atoms with E-state index in [1.807, 2.05) is 18.2 Å². The van der Waals surface area contributed by atoms with Crippen molar-refractivity contribution >= 4 is 34.9 Å². The molecule has 44 heavy (non-hydrogen) atoms. The molecule has 4 saturated carbocycles. The van der Waals surface area contributed by atoms with Gasteiger partial charge in [-0.15, -0.1) is 0 Å². The molecule has 0 unspecified atom stereocenters. The highest BCUT2D eigenvalue weighted by Gasteiger charge is 2.70. The van der Waals surface area contributed by atoms with Crippen LogP contribution >= 0.6 is 11.6 Å². The second kappa shape index (κ2) is 10.2. The van der Waals surface area contributed by atoms with Crippen LogP contribution in [0.5, 0.6) is 0 Å². The Morgan fingerprint density at radius 1 is 0.909 bits per heavy atom. The molecule has 6 rings (SSSR count). The largest absolute Gasteiger partial charge is 0.462 e. The zero-order valence-corrected chi connectivity index (χ0v) is 28.8. The van der Waals surface area contributed by atoms with E-state index in [9.17, 15) is 14.4 Å². The highest BCUT2D eigenvalue weighted by molar-refractivity contribution is 6.33. The zero-order valence-electron chi connectivity index (χ0n) is 28.1. The first kappa shape index (κ1) is 31.8. The number of carbonyl (C=O) groups excluding carboxylic acids is 3. The van der Waals surface area contributed by atoms with Gasteiger partial charge in [-0.1, -0.05) is 77.8 Å². The van der Waals surface area contributed by atoms with E-state index in [2.05, 4.69) is 59.9 Å². The van der Waals surface area contributed by atoms with Crippen LogP contribution in [0.25, 0.3) is 0 Å². The Morgan fingerprint density at radius 3 is 2.27 bits per heavy atom. The molecule has 6 heteroatoms. The van der Waals surface area contributed by atoms with Crippen molar-refractivity contribution in [3.05, 3.63) is 40.9 Å². The Bertz CT molecular complexity index is 1430. The van der Waals surface area contributed by atoms with E-state index in [-0.39, 0.29) is 62.7 Å². The Morgan fingerprint density at radius 2 is 1.59 bits per heavy atom. The van der Waals surface area contributed by atoms with Gasteiger partial charge in [0.1, 0.15) is 6.10 Å². The fraction of sp³-hybridized carbons (Fsp3) is 0.711. The molecule has 0 saturated heterocycles. The van der Waals surface area contributed by atoms with Gasteiger partial charge < -0.3 is 10.1 Å². The Labute approximate surface area is 269 Å². The summed E-state index contributed by atoms with van der Waals surface area (Å²) in [6.07, 6.45) is 10.4. The van der Waals surface area contributed by atoms with Gasteiger partial charge in [-0.3, -0.25) is 14.4 Å². The van der Waals surface area contributed by atoms with Crippen LogP contribution in [-0.4, -0.2) is 23.8 Å². The molecule has 0 aliphatic heterocycles. The van der Waals surface area contributed by atoms with Crippen molar-refractivity contribution in [3.63, 3.8) is 0 Å². The van der Waals surface area contributed by atoms with Crippen molar-refractivity contribution in [2.45, 2.75) is 119 Å². The van der Waals surface area contributed by atoms with Crippen LogP contribution in [0.3, 0.4) is 0 Å². The molecule has 1 aromatic rings. The second-order valence-electron chi connectivity index (χ2n) is 17.1. The number of halogens is 1. The fourth-order valence-electron chi connectivity index (χ4n) is 11.6. The van der Waals surface area contributed by atoms with Crippen LogP contribution in [0.15, 0.2) is 35.9 Å². The maximum Gasteiger partial charge on any atom is 0.302 e. The van der Waals surface area contributed by atoms with E-state index >= 15 is 0 Å². The van der Waals surface area contributed by atoms with Crippen LogP contribution in [0.1, 0.15) is 113 Å². The number of esters is 1. The highest BCUT2D eigenvalue weighted by atomic mass is 35.5. The number of fused-ring (bicyclic) bond motifs is 7. The van der Waals surface area contributed by atoms with Crippen molar-refractivity contribution < 1.29 is 19.1 Å². The molecule has 1 amide bonds. The zero-order chi connectivity index (χ0) is 32.1. The summed E-state index contributed by atoms with van der Waals surface area (Å²) < 4.78 is 5.87. The second-order valence-corrected chi connectivity index (χ2v) is 17.6. The molecule has 0 heterocycles. The van der Waals surface area contributed by atoms with E-state index in [0.29, 0.717) is 16.6 Å². The Hall–Kier alpha value is -2.14. The molecule has 5 aliphatic rings. The van der Waals surface area contributed by atoms with Gasteiger partial charge in [0, 0.05) is 23.7 Å². The third-order valence-electron chi connectivity index (χ3n) is 14.5. The van der Waals surface area contributed by atoms with Crippen molar-refractivity contribution in [1.29, 1.82) is 0 Å². The molecule has 0 radical (unpaired) electrons. The van der Waals surface area contributed by atoms with Gasteiger partial charge in [0.05, 0.1) is 10.7 Å². The first-order chi connectivity index (χ1) is 20.4. The monoisotopic (exact) mass is 621 g/mol. The lowest BCUT2D eigenvalue weighted by Gasteiger charge is -2.70. The predicted molar refractivity (Wildman–Crippen MR) is 175 cm³/mol. The SMILES string of the molecule is CC(=O)O[C@H]1CC[C@@]2(C)[C@H](CC[C@]3(C)[C@@H]2C(=O)C=C2[C@H]4C[C@@](C)(C(=O)Nc5ccccc5Cl)CC[C@]4(C)CC[C@@]23C)C1(C)C. The number of anilines is 1. The number of rotatable bonds is 3. The minimum atomic E-state index is -0.550. The van der Waals surface area contributed by atoms with Gasteiger partial charge in [0.25, 0.3) is 0 Å². The lowest BCUT2D eigenvalue weighted by atomic mass is 9.33. The maximum atomic E-state index is 14.7. The summed E-state index contributed by atoms with van der Waals surface area (Å²) in [5.41, 5.74) is 0.845. The topological polar surface area (TPSA) is 72.5 Å². The third kappa shape index (κ3) is 4.41. The van der Waals surface area contributed by atoms with Crippen molar-refractivity contribution in [1.82, 2.24) is 0 Å². The summed E-state index contributed by atoms with van der Waals surface area (Å²) >= 11 is 6.42. The molecule has 1 N–H and O–H groups in total. The molecule has 9 atom stereocenters. The average Bonchev–Trinajstić information content (AvgIpc) is 2.93. The first-order valence-corrected chi connectivity index (χ1v) is 17.3. The first-order valence-electron chi connectivity index (χ1n) is 16.9. The number of carbonyl (C=O) groups is 3. The van der Waals surface area contributed by atoms with E-state index in [1.54, 1.807) is 6.07 Å². The molecule has 4 fully saturated rings. The lowest BCUT2D eigenvalue weighted by Crippen LogP contribution is -2.66. The summed E-state index contributed by atoms with van der Waals surface area (Å²) in [6.45, 7) is 17.8. The minimum absolute atomic E-state index is 0.0199. The molecule has 1 aromatic carbocycles. The van der Waals surface area contributed by atoms with E-state index in [1.165, 1.54) is 12.5 Å². The minimum Gasteiger partial charge on any atom is -0.462 e. The molecule has 0 bridgehead atoms. The van der Waals surface area contributed by atoms with Crippen LogP contribution in [-0.2, 0) is 19.1 Å². The van der Waals surface area contributed by atoms with E-state index in [0.717, 1.165) is 57.8 Å². The van der Waals surface area contributed by atoms with Gasteiger partial charge in [-0.25, -0.2) is 0 Å². The number of ether oxygens (including phenoxy) is 1. The molecule has 5 nitrogen and oxygen atoms in total. The van der Waals surface area contributed by atoms with Gasteiger partial charge in [-0.2, -0.15) is 0 Å². The van der Waals surface area contributed by atoms with Crippen LogP contribution in [0.2, 0.25) is 5.02 Å². The molecule has 240 valence electrons. The Balaban J connectivity index is 1.35. The maximum absolute atomic E-state index is 14.7. The summed E-state index contributed by atoms with van der Waals surface area (Å²) in [5, 5.41) is 3.69. The standard InChI is InChI=1S/C38H52ClNO4/c1-23(41)44-30-14-15-36(6)29(33(30,2)3)13-16-38(8)31(36)28(42)21-24-25-22-35(5,18-17-34(25,4)19-20-37(24,38)7)32(43)40-27-12-10-9-11-26(27)39/h9-12,21,25,29-31H,13-20,22H2,1-8H3,(H,40,43)/t25-,29-,30+,31-,34-,35+,36+,37+,38-/m1/s1. The van der Waals surface area contributed by atoms with Crippen molar-refractivity contribution in [2.24, 2.45) is 50.2 Å². The van der Waals surface area contributed by atoms with E-state index < -0.39 is 5.41 Å². The number of nitrogens with one attached hydrogen (secondary N) is 1. The van der Waals surface area contributed by atoms with Gasteiger partial charge in [-0.05, 0) is 109 Å². The molecule has 0 spiro atoms. The number of hydrogen-bond donors (Lipinski definition) is 1. The van der Waals surface area contributed by atoms with Gasteiger partial charge in [0.15, 0.2) is 5.78 Å². The molecule has 0 aromatic heterocycles. The average molecular weight is 622 g/mol. The van der Waals surface area contributed by atoms with E-state index in [4.69, 9.17) is 16.3 Å². The normalized spacial score (nSPS) is 44.2. The number of allylic oxidation sites excluding steroid dienone is 2. The molecular formula is C38H52ClNO4. The quantitative estimate of drug-likeness (QED) is 0.342. The lowest BCUT2D eigenvalue weighted by molar-refractivity contribution is -0.210. The summed E-state index contributed by atoms with van der Waals surface area (Å²) in [7, 11) is 0. The van der Waals surface area contributed by atoms with Crippen LogP contribution in [0.4, 0.5) is 5.69 Å². The summed E-state index contributed by atoms with van der Waals surface area (Å²) in [5.74, 6) is 0.501. The molecular weight excluding hydrogens is 570 g/mol. The number of ketones is 1. The van der Waals surface area contributed by atoms with Crippen molar-refractivity contribution in [3.8, 4) is 0 Å². The van der Waals surface area contributed by atoms with Crippen LogP contribution < -0.4 is 5.32 Å². The van der Waals surface area contributed by atoms with Gasteiger partial charge in [0.2, 0.25) is 5.91 Å². The van der Waals surface area contributed by atoms with Crippen molar-refractivity contribution in [2.75, 3.05) is 5.32 Å². The molecule has 5 aliphatic carbocycles. The number of amides is 1. The third-order valence-corrected chi connectivity index (χ3v) is 14.8. The predicted octanol–water partition coefficient (Wildman–Crippen LogP) is 9.19. The number of benzene rings is 1. The highest BCUT2D eigenvalue weighted by Crippen LogP contribution is 2.75. The number of hydrogen-bond acceptors (Lipinski definition) is 4. The Kier molecular flexibility index (Phi) is 7.36.